The van der Waals surface area contributed by atoms with Gasteiger partial charge in [0.25, 0.3) is 11.5 Å². The lowest BCUT2D eigenvalue weighted by atomic mass is 10.0. The van der Waals surface area contributed by atoms with E-state index in [1.165, 1.54) is 44.6 Å². The first-order valence-electron chi connectivity index (χ1n) is 13.4. The van der Waals surface area contributed by atoms with Crippen molar-refractivity contribution < 1.29 is 27.8 Å². The molecule has 0 aliphatic rings. The van der Waals surface area contributed by atoms with Gasteiger partial charge in [-0.25, -0.2) is 8.78 Å². The van der Waals surface area contributed by atoms with E-state index in [1.807, 2.05) is 6.07 Å². The van der Waals surface area contributed by atoms with Crippen molar-refractivity contribution in [2.75, 3.05) is 19.5 Å². The number of amides is 1. The summed E-state index contributed by atoms with van der Waals surface area (Å²) >= 11 is 0. The second-order valence-corrected chi connectivity index (χ2v) is 9.57. The number of nitrogens with one attached hydrogen (secondary N) is 1. The zero-order valence-corrected chi connectivity index (χ0v) is 24.9. The molecule has 1 aromatic heterocycles. The lowest BCUT2D eigenvalue weighted by Crippen LogP contribution is -2.30. The van der Waals surface area contributed by atoms with Gasteiger partial charge in [0.1, 0.15) is 28.9 Å². The van der Waals surface area contributed by atoms with E-state index in [-0.39, 0.29) is 39.7 Å². The molecule has 4 rings (SSSR count). The molecular formula is C34H28F2N4O5. The first-order valence-corrected chi connectivity index (χ1v) is 13.4. The van der Waals surface area contributed by atoms with Crippen molar-refractivity contribution in [2.24, 2.45) is 4.99 Å². The predicted molar refractivity (Wildman–Crippen MR) is 169 cm³/mol. The number of aliphatic imine (C=N–C) groups is 1. The van der Waals surface area contributed by atoms with Crippen LogP contribution in [0.25, 0.3) is 17.0 Å². The molecule has 45 heavy (non-hydrogen) atoms. The summed E-state index contributed by atoms with van der Waals surface area (Å²) in [4.78, 5) is 30.8. The molecular weight excluding hydrogens is 582 g/mol. The zero-order valence-electron chi connectivity index (χ0n) is 24.9. The Labute approximate surface area is 257 Å². The van der Waals surface area contributed by atoms with E-state index in [4.69, 9.17) is 14.2 Å². The van der Waals surface area contributed by atoms with Crippen LogP contribution in [0.4, 0.5) is 20.2 Å². The maximum Gasteiger partial charge on any atom is 0.269 e. The number of methoxy groups -OCH3 is 2. The Morgan fingerprint density at radius 1 is 0.978 bits per heavy atom. The number of pyridine rings is 1. The summed E-state index contributed by atoms with van der Waals surface area (Å²) in [6, 6.07) is 15.1. The first-order chi connectivity index (χ1) is 21.6. The largest absolute Gasteiger partial charge is 0.493 e. The molecule has 0 aliphatic carbocycles. The number of hydrogen-bond acceptors (Lipinski definition) is 7. The van der Waals surface area contributed by atoms with Crippen LogP contribution in [0.15, 0.2) is 83.1 Å². The number of hydrogen-bond donors (Lipinski definition) is 1. The number of rotatable bonds is 10. The maximum absolute atomic E-state index is 15.3. The van der Waals surface area contributed by atoms with Gasteiger partial charge >= 0.3 is 0 Å². The molecule has 0 spiro atoms. The molecule has 1 amide bonds. The van der Waals surface area contributed by atoms with Gasteiger partial charge in [0.15, 0.2) is 23.1 Å². The van der Waals surface area contributed by atoms with Crippen molar-refractivity contribution in [1.29, 1.82) is 5.26 Å². The minimum Gasteiger partial charge on any atom is -0.493 e. The molecule has 0 fully saturated rings. The van der Waals surface area contributed by atoms with Crippen LogP contribution in [0, 0.1) is 23.0 Å². The van der Waals surface area contributed by atoms with Crippen LogP contribution in [0.1, 0.15) is 41.0 Å². The summed E-state index contributed by atoms with van der Waals surface area (Å²) in [5.74, 6) is -1.31. The van der Waals surface area contributed by atoms with E-state index in [2.05, 4.69) is 23.6 Å². The molecule has 228 valence electrons. The fourth-order valence-corrected chi connectivity index (χ4v) is 4.50. The van der Waals surface area contributed by atoms with Gasteiger partial charge in [-0.1, -0.05) is 6.58 Å². The third-order valence-electron chi connectivity index (χ3n) is 6.71. The summed E-state index contributed by atoms with van der Waals surface area (Å²) in [5, 5.41) is 12.4. The average Bonchev–Trinajstić information content (AvgIpc) is 3.03. The SMILES string of the molecule is C=Nc1cc(OC)c(OC)cc1/C(=C\C)Oc1ccc(NC(=O)c2cc(C(=C)C)c(C#N)n(-c3ccc(F)cc3)c2=O)cc1F. The highest BCUT2D eigenvalue weighted by Crippen LogP contribution is 2.39. The third-order valence-corrected chi connectivity index (χ3v) is 6.71. The van der Waals surface area contributed by atoms with Crippen LogP contribution in [0.3, 0.4) is 0 Å². The highest BCUT2D eigenvalue weighted by molar-refractivity contribution is 6.04. The van der Waals surface area contributed by atoms with E-state index >= 15 is 4.39 Å². The number of carbonyl (C=O) groups excluding carboxylic acids is 1. The lowest BCUT2D eigenvalue weighted by molar-refractivity contribution is 0.102. The molecule has 9 nitrogen and oxygen atoms in total. The molecule has 1 N–H and O–H groups in total. The van der Waals surface area contributed by atoms with Gasteiger partial charge < -0.3 is 19.5 Å². The summed E-state index contributed by atoms with van der Waals surface area (Å²) in [7, 11) is 2.95. The maximum atomic E-state index is 15.3. The smallest absolute Gasteiger partial charge is 0.269 e. The number of allylic oxidation sites excluding steroid dienone is 2. The van der Waals surface area contributed by atoms with E-state index in [0.717, 1.165) is 22.8 Å². The summed E-state index contributed by atoms with van der Waals surface area (Å²) in [6.45, 7) is 10.7. The number of anilines is 1. The van der Waals surface area contributed by atoms with Crippen molar-refractivity contribution in [3.05, 3.63) is 118 Å². The molecule has 0 saturated heterocycles. The van der Waals surface area contributed by atoms with Crippen LogP contribution in [0.5, 0.6) is 17.2 Å². The summed E-state index contributed by atoms with van der Waals surface area (Å²) in [6.07, 6.45) is 1.61. The Morgan fingerprint density at radius 2 is 1.64 bits per heavy atom. The van der Waals surface area contributed by atoms with Crippen LogP contribution in [-0.2, 0) is 0 Å². The Kier molecular flexibility index (Phi) is 9.59. The summed E-state index contributed by atoms with van der Waals surface area (Å²) < 4.78 is 46.4. The summed E-state index contributed by atoms with van der Waals surface area (Å²) in [5.41, 5.74) is 0.476. The fraction of sp³-hybridized carbons (Fsp3) is 0.118. The predicted octanol–water partition coefficient (Wildman–Crippen LogP) is 7.06. The van der Waals surface area contributed by atoms with Crippen molar-refractivity contribution in [2.45, 2.75) is 13.8 Å². The Bertz CT molecular complexity index is 1960. The molecule has 0 saturated carbocycles. The second-order valence-electron chi connectivity index (χ2n) is 9.57. The molecule has 0 atom stereocenters. The molecule has 0 unspecified atom stereocenters. The van der Waals surface area contributed by atoms with Gasteiger partial charge in [0.2, 0.25) is 0 Å². The van der Waals surface area contributed by atoms with E-state index in [0.29, 0.717) is 28.3 Å². The first kappa shape index (κ1) is 31.9. The van der Waals surface area contributed by atoms with Crippen LogP contribution < -0.4 is 25.1 Å². The Balaban J connectivity index is 1.67. The fourth-order valence-electron chi connectivity index (χ4n) is 4.50. The van der Waals surface area contributed by atoms with Gasteiger partial charge in [0.05, 0.1) is 25.6 Å². The number of ether oxygens (including phenoxy) is 3. The molecule has 3 aromatic carbocycles. The highest BCUT2D eigenvalue weighted by atomic mass is 19.1. The van der Waals surface area contributed by atoms with Crippen LogP contribution >= 0.6 is 0 Å². The van der Waals surface area contributed by atoms with Gasteiger partial charge in [-0.05, 0) is 80.7 Å². The van der Waals surface area contributed by atoms with Crippen molar-refractivity contribution in [3.8, 4) is 29.0 Å². The molecule has 0 bridgehead atoms. The number of benzene rings is 3. The van der Waals surface area contributed by atoms with Crippen LogP contribution in [0.2, 0.25) is 0 Å². The van der Waals surface area contributed by atoms with Crippen molar-refractivity contribution in [1.82, 2.24) is 4.57 Å². The van der Waals surface area contributed by atoms with Gasteiger partial charge in [-0.3, -0.25) is 19.1 Å². The highest BCUT2D eigenvalue weighted by Gasteiger charge is 2.22. The number of aromatic nitrogens is 1. The molecule has 0 radical (unpaired) electrons. The number of nitrogens with zero attached hydrogens (tertiary/aromatic N) is 3. The molecule has 0 aliphatic heterocycles. The zero-order chi connectivity index (χ0) is 32.8. The number of nitriles is 1. The third kappa shape index (κ3) is 6.50. The normalized spacial score (nSPS) is 10.9. The molecule has 1 heterocycles. The standard InChI is InChI=1S/C34H28F2N4O5/c1-7-29(24-16-31(43-5)32(44-6)17-27(24)38-4)45-30-13-10-21(14-26(30)36)39-33(41)25-15-23(19(2)3)28(18-37)40(34(25)42)22-11-8-20(35)9-12-22/h7-17H,2,4H2,1,3,5-6H3,(H,39,41)/b29-7+. The van der Waals surface area contributed by atoms with Crippen molar-refractivity contribution >= 4 is 35.3 Å². The minimum atomic E-state index is -0.864. The average molecular weight is 611 g/mol. The molecule has 4 aromatic rings. The monoisotopic (exact) mass is 610 g/mol. The Hall–Kier alpha value is -6.02. The number of halogens is 2. The van der Waals surface area contributed by atoms with E-state index in [9.17, 15) is 19.2 Å². The number of carbonyl (C=O) groups is 1. The minimum absolute atomic E-state index is 0.0282. The van der Waals surface area contributed by atoms with Gasteiger partial charge in [-0.15, -0.1) is 0 Å². The van der Waals surface area contributed by atoms with E-state index in [1.54, 1.807) is 32.1 Å². The topological polar surface area (TPSA) is 115 Å². The van der Waals surface area contributed by atoms with Crippen LogP contribution in [-0.4, -0.2) is 31.4 Å². The quantitative estimate of drug-likeness (QED) is 0.152. The lowest BCUT2D eigenvalue weighted by Gasteiger charge is -2.17. The van der Waals surface area contributed by atoms with Crippen molar-refractivity contribution in [3.63, 3.8) is 0 Å². The second kappa shape index (κ2) is 13.5. The van der Waals surface area contributed by atoms with E-state index < -0.39 is 23.1 Å². The van der Waals surface area contributed by atoms with Gasteiger partial charge in [0, 0.05) is 28.9 Å². The molecule has 11 heteroatoms. The van der Waals surface area contributed by atoms with Gasteiger partial charge in [-0.2, -0.15) is 5.26 Å². The Morgan fingerprint density at radius 3 is 2.20 bits per heavy atom.